The Morgan fingerprint density at radius 2 is 1.92 bits per heavy atom. The molecule has 0 unspecified atom stereocenters. The van der Waals surface area contributed by atoms with Crippen molar-refractivity contribution in [2.45, 2.75) is 39.7 Å². The van der Waals surface area contributed by atoms with Crippen molar-refractivity contribution < 1.29 is 9.59 Å². The number of nitrogens with one attached hydrogen (secondary N) is 1. The highest BCUT2D eigenvalue weighted by Gasteiger charge is 2.17. The van der Waals surface area contributed by atoms with Crippen LogP contribution in [0.5, 0.6) is 0 Å². The lowest BCUT2D eigenvalue weighted by atomic mass is 10.0. The smallest absolute Gasteiger partial charge is 0.240 e. The van der Waals surface area contributed by atoms with Crippen molar-refractivity contribution in [1.29, 1.82) is 0 Å². The Morgan fingerprint density at radius 1 is 1.38 bits per heavy atom. The molecule has 3 N–H and O–H groups in total. The monoisotopic (exact) mass is 186 g/mol. The van der Waals surface area contributed by atoms with E-state index in [0.29, 0.717) is 18.8 Å². The van der Waals surface area contributed by atoms with Gasteiger partial charge >= 0.3 is 0 Å². The first-order valence-electron chi connectivity index (χ1n) is 4.56. The first-order valence-corrected chi connectivity index (χ1v) is 4.56. The fraction of sp³-hybridized carbons (Fsp3) is 0.778. The summed E-state index contributed by atoms with van der Waals surface area (Å²) in [5, 5.41) is 2.58. The van der Waals surface area contributed by atoms with Gasteiger partial charge in [0.25, 0.3) is 0 Å². The van der Waals surface area contributed by atoms with E-state index in [4.69, 9.17) is 5.73 Å². The normalized spacial score (nSPS) is 12.6. The third kappa shape index (κ3) is 5.22. The summed E-state index contributed by atoms with van der Waals surface area (Å²) in [6, 6.07) is -0.521. The largest absolute Gasteiger partial charge is 0.368 e. The van der Waals surface area contributed by atoms with Gasteiger partial charge in [-0.25, -0.2) is 0 Å². The van der Waals surface area contributed by atoms with Crippen LogP contribution >= 0.6 is 0 Å². The number of carbonyl (C=O) groups is 2. The van der Waals surface area contributed by atoms with E-state index in [1.165, 1.54) is 0 Å². The molecule has 0 heterocycles. The molecule has 4 heteroatoms. The number of carbonyl (C=O) groups excluding carboxylic acids is 2. The quantitative estimate of drug-likeness (QED) is 0.652. The summed E-state index contributed by atoms with van der Waals surface area (Å²) in [7, 11) is 0. The first kappa shape index (κ1) is 11.9. The van der Waals surface area contributed by atoms with Crippen molar-refractivity contribution in [3.8, 4) is 0 Å². The van der Waals surface area contributed by atoms with E-state index in [9.17, 15) is 9.59 Å². The standard InChI is InChI=1S/C9H18N2O2/c1-4-8(12)11-7(9(10)13)5-6(2)3/h6-7H,4-5H2,1-3H3,(H2,10,13)(H,11,12)/t7-/m0/s1. The molecule has 1 atom stereocenters. The lowest BCUT2D eigenvalue weighted by Crippen LogP contribution is -2.44. The van der Waals surface area contributed by atoms with Gasteiger partial charge in [0.1, 0.15) is 6.04 Å². The van der Waals surface area contributed by atoms with Crippen LogP contribution in [-0.2, 0) is 9.59 Å². The van der Waals surface area contributed by atoms with E-state index in [1.807, 2.05) is 13.8 Å². The second-order valence-corrected chi connectivity index (χ2v) is 3.51. The molecule has 76 valence electrons. The molecule has 0 aliphatic rings. The van der Waals surface area contributed by atoms with E-state index in [0.717, 1.165) is 0 Å². The first-order chi connectivity index (χ1) is 5.97. The highest BCUT2D eigenvalue weighted by Crippen LogP contribution is 2.04. The zero-order chi connectivity index (χ0) is 10.4. The van der Waals surface area contributed by atoms with Crippen molar-refractivity contribution in [2.75, 3.05) is 0 Å². The van der Waals surface area contributed by atoms with Crippen molar-refractivity contribution in [2.24, 2.45) is 11.7 Å². The lowest BCUT2D eigenvalue weighted by Gasteiger charge is -2.16. The van der Waals surface area contributed by atoms with Gasteiger partial charge in [-0.3, -0.25) is 9.59 Å². The molecule has 0 rings (SSSR count). The molecule has 0 aliphatic heterocycles. The minimum atomic E-state index is -0.521. The Morgan fingerprint density at radius 3 is 2.23 bits per heavy atom. The fourth-order valence-electron chi connectivity index (χ4n) is 1.01. The Hall–Kier alpha value is -1.06. The predicted octanol–water partition coefficient (Wildman–Crippen LogP) is 0.413. The predicted molar refractivity (Wildman–Crippen MR) is 50.9 cm³/mol. The zero-order valence-electron chi connectivity index (χ0n) is 8.46. The molecule has 0 bridgehead atoms. The number of amides is 2. The van der Waals surface area contributed by atoms with E-state index in [2.05, 4.69) is 5.32 Å². The van der Waals surface area contributed by atoms with Crippen molar-refractivity contribution in [3.63, 3.8) is 0 Å². The van der Waals surface area contributed by atoms with Gasteiger partial charge in [-0.05, 0) is 12.3 Å². The zero-order valence-corrected chi connectivity index (χ0v) is 8.46. The number of rotatable bonds is 5. The molecular formula is C9H18N2O2. The summed E-state index contributed by atoms with van der Waals surface area (Å²) < 4.78 is 0. The Bertz CT molecular complexity index is 190. The Balaban J connectivity index is 4.10. The van der Waals surface area contributed by atoms with Crippen LogP contribution in [0.25, 0.3) is 0 Å². The third-order valence-electron chi connectivity index (χ3n) is 1.71. The van der Waals surface area contributed by atoms with Crippen molar-refractivity contribution in [3.05, 3.63) is 0 Å². The van der Waals surface area contributed by atoms with E-state index in [1.54, 1.807) is 6.92 Å². The highest BCUT2D eigenvalue weighted by atomic mass is 16.2. The summed E-state index contributed by atoms with van der Waals surface area (Å²) in [5.41, 5.74) is 5.13. The molecule has 13 heavy (non-hydrogen) atoms. The molecule has 0 saturated heterocycles. The lowest BCUT2D eigenvalue weighted by molar-refractivity contribution is -0.127. The number of nitrogens with two attached hydrogens (primary N) is 1. The minimum absolute atomic E-state index is 0.135. The molecule has 0 fully saturated rings. The Kier molecular flexibility index (Phi) is 5.11. The summed E-state index contributed by atoms with van der Waals surface area (Å²) in [5.74, 6) is -0.255. The van der Waals surface area contributed by atoms with Gasteiger partial charge in [-0.2, -0.15) is 0 Å². The van der Waals surface area contributed by atoms with Crippen LogP contribution in [-0.4, -0.2) is 17.9 Å². The molecule has 0 radical (unpaired) electrons. The molecule has 0 spiro atoms. The second kappa shape index (κ2) is 5.56. The van der Waals surface area contributed by atoms with Gasteiger partial charge in [0.05, 0.1) is 0 Å². The van der Waals surface area contributed by atoms with Crippen LogP contribution in [0.1, 0.15) is 33.6 Å². The van der Waals surface area contributed by atoms with Gasteiger partial charge in [-0.1, -0.05) is 20.8 Å². The maximum absolute atomic E-state index is 11.0. The van der Waals surface area contributed by atoms with Gasteiger partial charge < -0.3 is 11.1 Å². The van der Waals surface area contributed by atoms with Gasteiger partial charge in [-0.15, -0.1) is 0 Å². The SMILES string of the molecule is CCC(=O)N[C@@H](CC(C)C)C(N)=O. The van der Waals surface area contributed by atoms with Crippen LogP contribution in [0.4, 0.5) is 0 Å². The number of primary amides is 1. The summed E-state index contributed by atoms with van der Waals surface area (Å²) >= 11 is 0. The van der Waals surface area contributed by atoms with Crippen LogP contribution in [0, 0.1) is 5.92 Å². The minimum Gasteiger partial charge on any atom is -0.368 e. The molecule has 0 aliphatic carbocycles. The highest BCUT2D eigenvalue weighted by molar-refractivity contribution is 5.86. The summed E-state index contributed by atoms with van der Waals surface area (Å²) in [4.78, 5) is 21.9. The molecule has 2 amide bonds. The average molecular weight is 186 g/mol. The molecule has 4 nitrogen and oxygen atoms in total. The second-order valence-electron chi connectivity index (χ2n) is 3.51. The van der Waals surface area contributed by atoms with Gasteiger partial charge in [0, 0.05) is 6.42 Å². The molecule has 0 aromatic rings. The maximum atomic E-state index is 11.0. The van der Waals surface area contributed by atoms with Crippen LogP contribution in [0.15, 0.2) is 0 Å². The summed E-state index contributed by atoms with van der Waals surface area (Å²) in [6.07, 6.45) is 0.975. The van der Waals surface area contributed by atoms with Crippen LogP contribution in [0.2, 0.25) is 0 Å². The molecular weight excluding hydrogens is 168 g/mol. The Labute approximate surface area is 78.9 Å². The van der Waals surface area contributed by atoms with E-state index < -0.39 is 11.9 Å². The van der Waals surface area contributed by atoms with Crippen LogP contribution in [0.3, 0.4) is 0 Å². The summed E-state index contributed by atoms with van der Waals surface area (Å²) in [6.45, 7) is 5.70. The maximum Gasteiger partial charge on any atom is 0.240 e. The number of hydrogen-bond acceptors (Lipinski definition) is 2. The fourth-order valence-corrected chi connectivity index (χ4v) is 1.01. The average Bonchev–Trinajstić information content (AvgIpc) is 2.02. The molecule has 0 aromatic heterocycles. The molecule has 0 saturated carbocycles. The van der Waals surface area contributed by atoms with E-state index >= 15 is 0 Å². The molecule has 0 aromatic carbocycles. The number of hydrogen-bond donors (Lipinski definition) is 2. The van der Waals surface area contributed by atoms with Gasteiger partial charge in [0.2, 0.25) is 11.8 Å². The van der Waals surface area contributed by atoms with Gasteiger partial charge in [0.15, 0.2) is 0 Å². The van der Waals surface area contributed by atoms with Crippen molar-refractivity contribution >= 4 is 11.8 Å². The van der Waals surface area contributed by atoms with Crippen LogP contribution < -0.4 is 11.1 Å². The topological polar surface area (TPSA) is 72.2 Å². The van der Waals surface area contributed by atoms with Crippen molar-refractivity contribution in [1.82, 2.24) is 5.32 Å². The van der Waals surface area contributed by atoms with E-state index in [-0.39, 0.29) is 5.91 Å². The third-order valence-corrected chi connectivity index (χ3v) is 1.71.